The first kappa shape index (κ1) is 30.3. The van der Waals surface area contributed by atoms with Crippen molar-refractivity contribution in [2.45, 2.75) is 59.3 Å². The van der Waals surface area contributed by atoms with E-state index in [1.54, 1.807) is 0 Å². The van der Waals surface area contributed by atoms with Crippen molar-refractivity contribution in [2.75, 3.05) is 36.4 Å². The van der Waals surface area contributed by atoms with Crippen LogP contribution >= 0.6 is 0 Å². The quantitative estimate of drug-likeness (QED) is 0.207. The smallest absolute Gasteiger partial charge is 0.321 e. The molecule has 3 heterocycles. The van der Waals surface area contributed by atoms with Crippen LogP contribution in [0.3, 0.4) is 0 Å². The SMILES string of the molecule is Cc1nn(-c2ccccc2)c2nc(Cc3ccccc3)nc(N3CCCN(C(=O)Nc4c(C(C)C)cccc4C(C)C)CC3)c12. The average molecular weight is 602 g/mol. The van der Waals surface area contributed by atoms with Crippen LogP contribution in [0.2, 0.25) is 0 Å². The monoisotopic (exact) mass is 601 g/mol. The van der Waals surface area contributed by atoms with Crippen LogP contribution in [0, 0.1) is 6.92 Å². The summed E-state index contributed by atoms with van der Waals surface area (Å²) < 4.78 is 1.93. The average Bonchev–Trinajstić information content (AvgIpc) is 3.20. The predicted octanol–water partition coefficient (Wildman–Crippen LogP) is 7.71. The van der Waals surface area contributed by atoms with E-state index in [0.717, 1.165) is 58.3 Å². The summed E-state index contributed by atoms with van der Waals surface area (Å²) in [6, 6.07) is 26.8. The third-order valence-corrected chi connectivity index (χ3v) is 8.62. The fourth-order valence-corrected chi connectivity index (χ4v) is 6.25. The van der Waals surface area contributed by atoms with Gasteiger partial charge in [0, 0.05) is 38.3 Å². The summed E-state index contributed by atoms with van der Waals surface area (Å²) in [6.07, 6.45) is 1.46. The molecule has 3 aromatic carbocycles. The molecule has 0 bridgehead atoms. The molecular formula is C37H43N7O. The molecule has 8 heteroatoms. The molecule has 0 radical (unpaired) electrons. The van der Waals surface area contributed by atoms with Gasteiger partial charge in [-0.15, -0.1) is 0 Å². The Bertz CT molecular complexity index is 1750. The minimum Gasteiger partial charge on any atom is -0.354 e. The number of hydrogen-bond acceptors (Lipinski definition) is 5. The summed E-state index contributed by atoms with van der Waals surface area (Å²) >= 11 is 0. The highest BCUT2D eigenvalue weighted by atomic mass is 16.2. The molecule has 0 saturated carbocycles. The number of nitrogens with one attached hydrogen (secondary N) is 1. The molecule has 0 spiro atoms. The van der Waals surface area contributed by atoms with Gasteiger partial charge in [0.2, 0.25) is 0 Å². The molecule has 45 heavy (non-hydrogen) atoms. The van der Waals surface area contributed by atoms with Crippen LogP contribution in [0.5, 0.6) is 0 Å². The minimum absolute atomic E-state index is 0.0440. The van der Waals surface area contributed by atoms with Crippen molar-refractivity contribution in [3.8, 4) is 5.69 Å². The second kappa shape index (κ2) is 13.1. The minimum atomic E-state index is -0.0440. The molecule has 232 valence electrons. The molecule has 1 aliphatic heterocycles. The zero-order valence-electron chi connectivity index (χ0n) is 27.0. The van der Waals surface area contributed by atoms with Gasteiger partial charge in [-0.1, -0.05) is 94.4 Å². The maximum absolute atomic E-state index is 13.8. The number of benzene rings is 3. The van der Waals surface area contributed by atoms with E-state index in [1.165, 1.54) is 11.1 Å². The molecule has 2 amide bonds. The molecule has 2 aromatic heterocycles. The van der Waals surface area contributed by atoms with Gasteiger partial charge in [0.1, 0.15) is 11.6 Å². The third-order valence-electron chi connectivity index (χ3n) is 8.62. The molecule has 0 atom stereocenters. The summed E-state index contributed by atoms with van der Waals surface area (Å²) in [5.41, 5.74) is 7.12. The normalized spacial score (nSPS) is 13.9. The lowest BCUT2D eigenvalue weighted by Gasteiger charge is -2.26. The molecule has 0 aliphatic carbocycles. The zero-order valence-corrected chi connectivity index (χ0v) is 27.0. The highest BCUT2D eigenvalue weighted by molar-refractivity contribution is 5.92. The summed E-state index contributed by atoms with van der Waals surface area (Å²) in [6.45, 7) is 13.5. The number of anilines is 2. The van der Waals surface area contributed by atoms with E-state index in [0.29, 0.717) is 37.9 Å². The number of aromatic nitrogens is 4. The summed E-state index contributed by atoms with van der Waals surface area (Å²) in [4.78, 5) is 28.3. The maximum atomic E-state index is 13.8. The number of aryl methyl sites for hydroxylation is 1. The lowest BCUT2D eigenvalue weighted by molar-refractivity contribution is 0.215. The Balaban J connectivity index is 1.31. The lowest BCUT2D eigenvalue weighted by Crippen LogP contribution is -2.38. The third kappa shape index (κ3) is 6.41. The van der Waals surface area contributed by atoms with Crippen molar-refractivity contribution >= 4 is 28.6 Å². The van der Waals surface area contributed by atoms with Crippen molar-refractivity contribution in [1.29, 1.82) is 0 Å². The number of rotatable bonds is 7. The van der Waals surface area contributed by atoms with E-state index in [9.17, 15) is 4.79 Å². The van der Waals surface area contributed by atoms with Gasteiger partial charge in [-0.25, -0.2) is 19.4 Å². The standard InChI is InChI=1S/C37H43N7O/c1-25(2)30-18-12-19-31(26(3)4)34(30)40-37(45)43-21-13-20-42(22-23-43)35-33-27(5)41-44(29-16-10-7-11-17-29)36(33)39-32(38-35)24-28-14-8-6-9-15-28/h6-12,14-19,25-26H,13,20-24H2,1-5H3,(H,40,45). The predicted molar refractivity (Wildman–Crippen MR) is 183 cm³/mol. The van der Waals surface area contributed by atoms with E-state index in [2.05, 4.69) is 80.4 Å². The Morgan fingerprint density at radius 3 is 2.13 bits per heavy atom. The molecule has 1 N–H and O–H groups in total. The van der Waals surface area contributed by atoms with Crippen molar-refractivity contribution in [3.63, 3.8) is 0 Å². The summed E-state index contributed by atoms with van der Waals surface area (Å²) in [5.74, 6) is 2.26. The van der Waals surface area contributed by atoms with Gasteiger partial charge in [-0.2, -0.15) is 5.10 Å². The molecule has 1 aliphatic rings. The van der Waals surface area contributed by atoms with Gasteiger partial charge < -0.3 is 15.1 Å². The van der Waals surface area contributed by atoms with Crippen LogP contribution in [-0.4, -0.2) is 56.9 Å². The highest BCUT2D eigenvalue weighted by Crippen LogP contribution is 2.33. The van der Waals surface area contributed by atoms with E-state index < -0.39 is 0 Å². The first-order valence-corrected chi connectivity index (χ1v) is 16.1. The van der Waals surface area contributed by atoms with Gasteiger partial charge in [0.05, 0.1) is 16.8 Å². The van der Waals surface area contributed by atoms with Crippen LogP contribution in [0.4, 0.5) is 16.3 Å². The Morgan fingerprint density at radius 2 is 1.47 bits per heavy atom. The van der Waals surface area contributed by atoms with Gasteiger partial charge in [-0.05, 0) is 54.0 Å². The van der Waals surface area contributed by atoms with Crippen LogP contribution in [0.25, 0.3) is 16.7 Å². The highest BCUT2D eigenvalue weighted by Gasteiger charge is 2.26. The Hall–Kier alpha value is -4.72. The first-order valence-electron chi connectivity index (χ1n) is 16.1. The first-order chi connectivity index (χ1) is 21.8. The number of para-hydroxylation sites is 2. The van der Waals surface area contributed by atoms with Gasteiger partial charge in [0.25, 0.3) is 0 Å². The van der Waals surface area contributed by atoms with Crippen molar-refractivity contribution in [1.82, 2.24) is 24.6 Å². The number of amides is 2. The van der Waals surface area contributed by atoms with Crippen molar-refractivity contribution in [3.05, 3.63) is 107 Å². The molecular weight excluding hydrogens is 558 g/mol. The summed E-state index contributed by atoms with van der Waals surface area (Å²) in [7, 11) is 0. The van der Waals surface area contributed by atoms with Crippen LogP contribution in [0.1, 0.15) is 74.2 Å². The number of urea groups is 1. The van der Waals surface area contributed by atoms with E-state index in [4.69, 9.17) is 15.1 Å². The molecule has 8 nitrogen and oxygen atoms in total. The van der Waals surface area contributed by atoms with Crippen molar-refractivity contribution < 1.29 is 4.79 Å². The maximum Gasteiger partial charge on any atom is 0.321 e. The lowest BCUT2D eigenvalue weighted by atomic mass is 9.93. The van der Waals surface area contributed by atoms with E-state index in [1.807, 2.05) is 52.9 Å². The molecule has 1 saturated heterocycles. The zero-order chi connectivity index (χ0) is 31.5. The number of carbonyl (C=O) groups excluding carboxylic acids is 1. The van der Waals surface area contributed by atoms with Gasteiger partial charge >= 0.3 is 6.03 Å². The Labute approximate surface area is 266 Å². The molecule has 5 aromatic rings. The van der Waals surface area contributed by atoms with Crippen LogP contribution in [0.15, 0.2) is 78.9 Å². The van der Waals surface area contributed by atoms with Crippen LogP contribution < -0.4 is 10.2 Å². The van der Waals surface area contributed by atoms with E-state index >= 15 is 0 Å². The van der Waals surface area contributed by atoms with Gasteiger partial charge in [-0.3, -0.25) is 0 Å². The second-order valence-electron chi connectivity index (χ2n) is 12.5. The van der Waals surface area contributed by atoms with Crippen molar-refractivity contribution in [2.24, 2.45) is 0 Å². The fourth-order valence-electron chi connectivity index (χ4n) is 6.25. The number of carbonyl (C=O) groups is 1. The largest absolute Gasteiger partial charge is 0.354 e. The second-order valence-corrected chi connectivity index (χ2v) is 12.5. The number of hydrogen-bond donors (Lipinski definition) is 1. The number of nitrogens with zero attached hydrogens (tertiary/aromatic N) is 6. The van der Waals surface area contributed by atoms with E-state index in [-0.39, 0.29) is 6.03 Å². The Kier molecular flexibility index (Phi) is 8.83. The fraction of sp³-hybridized carbons (Fsp3) is 0.351. The van der Waals surface area contributed by atoms with Crippen LogP contribution in [-0.2, 0) is 6.42 Å². The summed E-state index contributed by atoms with van der Waals surface area (Å²) in [5, 5.41) is 9.21. The topological polar surface area (TPSA) is 79.2 Å². The molecule has 6 rings (SSSR count). The van der Waals surface area contributed by atoms with Gasteiger partial charge in [0.15, 0.2) is 5.65 Å². The Morgan fingerprint density at radius 1 is 0.800 bits per heavy atom. The number of fused-ring (bicyclic) bond motifs is 1. The molecule has 1 fully saturated rings. The molecule has 0 unspecified atom stereocenters.